The Balaban J connectivity index is 1.90. The molecule has 43 heavy (non-hydrogen) atoms. The molecule has 12 heteroatoms. The van der Waals surface area contributed by atoms with Crippen LogP contribution >= 0.6 is 0 Å². The molecule has 0 aliphatic carbocycles. The number of aromatic nitrogens is 3. The Labute approximate surface area is 247 Å². The molecular formula is C31H29N3O9. The van der Waals surface area contributed by atoms with E-state index >= 15 is 0 Å². The summed E-state index contributed by atoms with van der Waals surface area (Å²) in [5.74, 6) is -2.41. The van der Waals surface area contributed by atoms with Crippen LogP contribution in [0.25, 0.3) is 34.1 Å². The highest BCUT2D eigenvalue weighted by atomic mass is 16.5. The second kappa shape index (κ2) is 14.0. The first-order valence-electron chi connectivity index (χ1n) is 13.6. The summed E-state index contributed by atoms with van der Waals surface area (Å²) in [4.78, 5) is 64.2. The number of furan rings is 1. The molecule has 0 bridgehead atoms. The molecule has 12 nitrogen and oxygen atoms in total. The number of pyridine rings is 3. The van der Waals surface area contributed by atoms with Crippen LogP contribution < -0.4 is 0 Å². The summed E-state index contributed by atoms with van der Waals surface area (Å²) in [6, 6.07) is 9.61. The summed E-state index contributed by atoms with van der Waals surface area (Å²) in [7, 11) is 0. The second-order valence-corrected chi connectivity index (χ2v) is 8.72. The van der Waals surface area contributed by atoms with E-state index in [1.54, 1.807) is 52.0 Å². The zero-order valence-corrected chi connectivity index (χ0v) is 24.0. The van der Waals surface area contributed by atoms with Crippen LogP contribution in [-0.2, 0) is 18.9 Å². The first kappa shape index (κ1) is 30.6. The van der Waals surface area contributed by atoms with E-state index in [-0.39, 0.29) is 60.1 Å². The summed E-state index contributed by atoms with van der Waals surface area (Å²) in [5, 5.41) is 0. The van der Waals surface area contributed by atoms with Crippen LogP contribution in [0.3, 0.4) is 0 Å². The molecule has 0 aromatic carbocycles. The van der Waals surface area contributed by atoms with Gasteiger partial charge in [0, 0.05) is 18.0 Å². The molecule has 0 fully saturated rings. The summed E-state index contributed by atoms with van der Waals surface area (Å²) >= 11 is 0. The van der Waals surface area contributed by atoms with Gasteiger partial charge in [0.15, 0.2) is 0 Å². The number of carbonyl (C=O) groups excluding carboxylic acids is 4. The Morgan fingerprint density at radius 3 is 1.40 bits per heavy atom. The largest absolute Gasteiger partial charge is 0.464 e. The fourth-order valence-electron chi connectivity index (χ4n) is 4.07. The van der Waals surface area contributed by atoms with Gasteiger partial charge in [0.2, 0.25) is 0 Å². The van der Waals surface area contributed by atoms with Gasteiger partial charge in [-0.3, -0.25) is 9.97 Å². The summed E-state index contributed by atoms with van der Waals surface area (Å²) in [6.07, 6.45) is 3.96. The maximum Gasteiger partial charge on any atom is 0.340 e. The van der Waals surface area contributed by atoms with E-state index in [9.17, 15) is 19.2 Å². The minimum absolute atomic E-state index is 0.0430. The molecule has 0 aliphatic rings. The molecule has 4 aromatic heterocycles. The van der Waals surface area contributed by atoms with Gasteiger partial charge in [0.1, 0.15) is 5.76 Å². The normalized spacial score (nSPS) is 10.6. The van der Waals surface area contributed by atoms with Crippen LogP contribution in [0.5, 0.6) is 0 Å². The van der Waals surface area contributed by atoms with Crippen molar-refractivity contribution in [1.29, 1.82) is 0 Å². The third-order valence-electron chi connectivity index (χ3n) is 5.95. The van der Waals surface area contributed by atoms with Crippen molar-refractivity contribution in [3.8, 4) is 34.1 Å². The molecule has 0 aliphatic heterocycles. The Kier molecular flexibility index (Phi) is 9.94. The number of esters is 4. The lowest BCUT2D eigenvalue weighted by Gasteiger charge is -2.13. The Morgan fingerprint density at radius 1 is 0.605 bits per heavy atom. The van der Waals surface area contributed by atoms with Crippen LogP contribution in [0.1, 0.15) is 69.1 Å². The lowest BCUT2D eigenvalue weighted by Crippen LogP contribution is -2.15. The molecule has 0 amide bonds. The Bertz CT molecular complexity index is 1550. The zero-order chi connectivity index (χ0) is 30.9. The Hall–Kier alpha value is -5.39. The first-order chi connectivity index (χ1) is 20.8. The minimum Gasteiger partial charge on any atom is -0.464 e. The van der Waals surface area contributed by atoms with Crippen LogP contribution in [0.4, 0.5) is 0 Å². The van der Waals surface area contributed by atoms with E-state index in [1.807, 2.05) is 0 Å². The predicted octanol–water partition coefficient (Wildman–Crippen LogP) is 5.17. The number of ether oxygens (including phenoxy) is 4. The van der Waals surface area contributed by atoms with E-state index in [4.69, 9.17) is 28.3 Å². The summed E-state index contributed by atoms with van der Waals surface area (Å²) in [5.41, 5.74) is 1.44. The van der Waals surface area contributed by atoms with Gasteiger partial charge in [-0.25, -0.2) is 24.2 Å². The molecule has 222 valence electrons. The van der Waals surface area contributed by atoms with Gasteiger partial charge in [0.25, 0.3) is 0 Å². The maximum absolute atomic E-state index is 12.8. The third-order valence-corrected chi connectivity index (χ3v) is 5.95. The maximum atomic E-state index is 12.8. The second-order valence-electron chi connectivity index (χ2n) is 8.72. The molecule has 0 atom stereocenters. The lowest BCUT2D eigenvalue weighted by atomic mass is 10.0. The number of hydrogen-bond donors (Lipinski definition) is 0. The molecule has 0 spiro atoms. The average molecular weight is 588 g/mol. The molecule has 0 saturated carbocycles. The fourth-order valence-corrected chi connectivity index (χ4v) is 4.07. The van der Waals surface area contributed by atoms with Crippen LogP contribution in [0, 0.1) is 0 Å². The number of nitrogens with zero attached hydrogens (tertiary/aromatic N) is 3. The number of carbonyl (C=O) groups is 4. The monoisotopic (exact) mass is 587 g/mol. The minimum atomic E-state index is -0.730. The van der Waals surface area contributed by atoms with Crippen LogP contribution in [0.15, 0.2) is 59.5 Å². The van der Waals surface area contributed by atoms with Crippen molar-refractivity contribution in [2.45, 2.75) is 27.7 Å². The molecule has 4 rings (SSSR count). The highest BCUT2D eigenvalue weighted by molar-refractivity contribution is 6.04. The first-order valence-corrected chi connectivity index (χ1v) is 13.6. The van der Waals surface area contributed by atoms with Gasteiger partial charge in [-0.15, -0.1) is 0 Å². The lowest BCUT2D eigenvalue weighted by molar-refractivity contribution is 0.0478. The molecule has 4 heterocycles. The highest BCUT2D eigenvalue weighted by Crippen LogP contribution is 2.31. The van der Waals surface area contributed by atoms with E-state index in [0.29, 0.717) is 22.7 Å². The zero-order valence-electron chi connectivity index (χ0n) is 24.0. The molecular weight excluding hydrogens is 558 g/mol. The summed E-state index contributed by atoms with van der Waals surface area (Å²) < 4.78 is 26.1. The standard InChI is InChI=1S/C31H29N3O9/c1-5-39-28(35)19-14-23(32-16-21(19)30(37)41-7-3)25-12-18(27-10-9-11-43-27)13-26(34-25)24-15-20(29(36)40-6-2)22(17-33-24)31(38)42-8-4/h9-17H,5-8H2,1-4H3. The van der Waals surface area contributed by atoms with Crippen molar-refractivity contribution < 1.29 is 42.5 Å². The summed E-state index contributed by atoms with van der Waals surface area (Å²) in [6.45, 7) is 6.98. The Morgan fingerprint density at radius 2 is 1.02 bits per heavy atom. The number of rotatable bonds is 11. The number of hydrogen-bond acceptors (Lipinski definition) is 12. The van der Waals surface area contributed by atoms with Gasteiger partial charge in [-0.2, -0.15) is 0 Å². The molecule has 0 N–H and O–H groups in total. The highest BCUT2D eigenvalue weighted by Gasteiger charge is 2.24. The molecule has 0 radical (unpaired) electrons. The average Bonchev–Trinajstić information content (AvgIpc) is 3.56. The van der Waals surface area contributed by atoms with Crippen molar-refractivity contribution in [3.05, 3.63) is 77.3 Å². The SMILES string of the molecule is CCOC(=O)c1cnc(-c2cc(-c3ccco3)cc(-c3cc(C(=O)OCC)c(C(=O)OCC)cn3)n2)cc1C(=O)OCC. The molecule has 0 unspecified atom stereocenters. The molecule has 0 saturated heterocycles. The van der Waals surface area contributed by atoms with Crippen molar-refractivity contribution in [2.24, 2.45) is 0 Å². The smallest absolute Gasteiger partial charge is 0.340 e. The van der Waals surface area contributed by atoms with Crippen molar-refractivity contribution in [2.75, 3.05) is 26.4 Å². The van der Waals surface area contributed by atoms with Gasteiger partial charge >= 0.3 is 23.9 Å². The van der Waals surface area contributed by atoms with E-state index in [2.05, 4.69) is 9.97 Å². The predicted molar refractivity (Wildman–Crippen MR) is 152 cm³/mol. The van der Waals surface area contributed by atoms with Gasteiger partial charge in [0.05, 0.1) is 77.7 Å². The van der Waals surface area contributed by atoms with Crippen molar-refractivity contribution in [1.82, 2.24) is 15.0 Å². The van der Waals surface area contributed by atoms with E-state index in [0.717, 1.165) is 0 Å². The van der Waals surface area contributed by atoms with Crippen LogP contribution in [-0.4, -0.2) is 65.3 Å². The van der Waals surface area contributed by atoms with Gasteiger partial charge in [-0.1, -0.05) is 0 Å². The van der Waals surface area contributed by atoms with Crippen molar-refractivity contribution in [3.63, 3.8) is 0 Å². The van der Waals surface area contributed by atoms with E-state index < -0.39 is 23.9 Å². The topological polar surface area (TPSA) is 157 Å². The van der Waals surface area contributed by atoms with Gasteiger partial charge < -0.3 is 23.4 Å². The quantitative estimate of drug-likeness (QED) is 0.168. The van der Waals surface area contributed by atoms with Crippen LogP contribution in [0.2, 0.25) is 0 Å². The van der Waals surface area contributed by atoms with E-state index in [1.165, 1.54) is 30.8 Å². The van der Waals surface area contributed by atoms with Crippen molar-refractivity contribution >= 4 is 23.9 Å². The fraction of sp³-hybridized carbons (Fsp3) is 0.258. The molecule has 4 aromatic rings. The third kappa shape index (κ3) is 6.92. The van der Waals surface area contributed by atoms with Gasteiger partial charge in [-0.05, 0) is 64.1 Å².